The number of carbonyl (C=O) groups excluding carboxylic acids is 2. The van der Waals surface area contributed by atoms with Crippen molar-refractivity contribution in [1.29, 1.82) is 0 Å². The Morgan fingerprint density at radius 1 is 1.00 bits per heavy atom. The average molecular weight is 475 g/mol. The van der Waals surface area contributed by atoms with Crippen LogP contribution in [-0.4, -0.2) is 23.1 Å². The number of nitrogens with zero attached hydrogens (tertiary/aromatic N) is 2. The summed E-state index contributed by atoms with van der Waals surface area (Å²) in [5.74, 6) is -0.755. The molecule has 4 rings (SSSR count). The fraction of sp³-hybridized carbons (Fsp3) is 0.214. The van der Waals surface area contributed by atoms with Crippen molar-refractivity contribution in [2.75, 3.05) is 11.5 Å². The van der Waals surface area contributed by atoms with Crippen molar-refractivity contribution in [3.05, 3.63) is 99.0 Å². The van der Waals surface area contributed by atoms with Gasteiger partial charge in [-0.15, -0.1) is 0 Å². The topological polar surface area (TPSA) is 51.5 Å². The number of halogens is 1. The van der Waals surface area contributed by atoms with Gasteiger partial charge in [-0.25, -0.2) is 4.79 Å². The Labute approximate surface area is 204 Å². The number of esters is 1. The lowest BCUT2D eigenvalue weighted by Gasteiger charge is -2.18. The molecular formula is C28H27ClN2O3. The standard InChI is InChI=1S/C28H27ClN2O3/c1-6-34-28(33)26-20(5)31(23-12-10-17(2)11-13-23)27(32)25(26)15-21-14-18(3)30(19(21)4)24-9-7-8-22(29)16-24/h7-16H,6H2,1-5H3/b25-15-. The van der Waals surface area contributed by atoms with Gasteiger partial charge in [0, 0.05) is 33.5 Å². The summed E-state index contributed by atoms with van der Waals surface area (Å²) in [5, 5.41) is 0.646. The van der Waals surface area contributed by atoms with Crippen molar-refractivity contribution in [1.82, 2.24) is 4.57 Å². The Morgan fingerprint density at radius 2 is 1.71 bits per heavy atom. The number of rotatable bonds is 5. The number of amides is 1. The van der Waals surface area contributed by atoms with Crippen LogP contribution in [0.15, 0.2) is 71.4 Å². The number of hydrogen-bond donors (Lipinski definition) is 0. The van der Waals surface area contributed by atoms with Gasteiger partial charge >= 0.3 is 5.97 Å². The number of allylic oxidation sites excluding steroid dienone is 1. The molecule has 1 aliphatic rings. The fourth-order valence-corrected chi connectivity index (χ4v) is 4.57. The molecule has 1 amide bonds. The zero-order chi connectivity index (χ0) is 24.6. The van der Waals surface area contributed by atoms with Crippen molar-refractivity contribution in [3.8, 4) is 5.69 Å². The van der Waals surface area contributed by atoms with Gasteiger partial charge in [-0.05, 0) is 82.7 Å². The smallest absolute Gasteiger partial charge is 0.340 e. The molecule has 3 aromatic rings. The van der Waals surface area contributed by atoms with E-state index in [4.69, 9.17) is 16.3 Å². The van der Waals surface area contributed by atoms with Crippen LogP contribution >= 0.6 is 11.6 Å². The van der Waals surface area contributed by atoms with E-state index in [1.54, 1.807) is 24.8 Å². The second kappa shape index (κ2) is 9.35. The number of benzene rings is 2. The highest BCUT2D eigenvalue weighted by Crippen LogP contribution is 2.36. The van der Waals surface area contributed by atoms with Gasteiger partial charge in [-0.3, -0.25) is 9.69 Å². The molecule has 34 heavy (non-hydrogen) atoms. The van der Waals surface area contributed by atoms with Crippen LogP contribution in [0.3, 0.4) is 0 Å². The van der Waals surface area contributed by atoms with E-state index in [0.717, 1.165) is 28.2 Å². The highest BCUT2D eigenvalue weighted by molar-refractivity contribution is 6.30. The number of hydrogen-bond acceptors (Lipinski definition) is 3. The van der Waals surface area contributed by atoms with E-state index >= 15 is 0 Å². The van der Waals surface area contributed by atoms with Crippen LogP contribution in [0.4, 0.5) is 5.69 Å². The molecule has 0 saturated carbocycles. The second-order valence-electron chi connectivity index (χ2n) is 8.36. The average Bonchev–Trinajstić information content (AvgIpc) is 3.20. The van der Waals surface area contributed by atoms with E-state index < -0.39 is 5.97 Å². The molecular weight excluding hydrogens is 448 g/mol. The molecule has 6 heteroatoms. The van der Waals surface area contributed by atoms with Gasteiger partial charge in [0.15, 0.2) is 0 Å². The van der Waals surface area contributed by atoms with Gasteiger partial charge in [0.1, 0.15) is 0 Å². The van der Waals surface area contributed by atoms with E-state index in [1.807, 2.05) is 75.4 Å². The molecule has 0 spiro atoms. The van der Waals surface area contributed by atoms with Crippen molar-refractivity contribution >= 4 is 35.2 Å². The molecule has 0 saturated heterocycles. The van der Waals surface area contributed by atoms with Crippen molar-refractivity contribution < 1.29 is 14.3 Å². The molecule has 174 valence electrons. The third-order valence-electron chi connectivity index (χ3n) is 6.01. The SMILES string of the molecule is CCOC(=O)C1=C(C)N(c2ccc(C)cc2)C(=O)/C1=C\c1cc(C)n(-c2cccc(Cl)c2)c1C. The predicted octanol–water partition coefficient (Wildman–Crippen LogP) is 6.32. The van der Waals surface area contributed by atoms with Gasteiger partial charge in [0.05, 0.1) is 17.8 Å². The molecule has 0 atom stereocenters. The number of anilines is 1. The van der Waals surface area contributed by atoms with Crippen LogP contribution in [0.5, 0.6) is 0 Å². The fourth-order valence-electron chi connectivity index (χ4n) is 4.39. The highest BCUT2D eigenvalue weighted by atomic mass is 35.5. The lowest BCUT2D eigenvalue weighted by Crippen LogP contribution is -2.24. The van der Waals surface area contributed by atoms with E-state index in [9.17, 15) is 9.59 Å². The molecule has 0 unspecified atom stereocenters. The minimum absolute atomic E-state index is 0.227. The Hall–Kier alpha value is -3.57. The van der Waals surface area contributed by atoms with Crippen LogP contribution in [0.2, 0.25) is 5.02 Å². The summed E-state index contributed by atoms with van der Waals surface area (Å²) in [6, 6.07) is 17.3. The molecule has 1 aliphatic heterocycles. The Kier molecular flexibility index (Phi) is 6.49. The van der Waals surface area contributed by atoms with Crippen LogP contribution in [-0.2, 0) is 14.3 Å². The lowest BCUT2D eigenvalue weighted by atomic mass is 10.0. The van der Waals surface area contributed by atoms with Crippen molar-refractivity contribution in [2.24, 2.45) is 0 Å². The maximum absolute atomic E-state index is 13.6. The summed E-state index contributed by atoms with van der Waals surface area (Å²) in [5.41, 5.74) is 6.69. The normalized spacial score (nSPS) is 14.9. The Balaban J connectivity index is 1.85. The lowest BCUT2D eigenvalue weighted by molar-refractivity contribution is -0.138. The largest absolute Gasteiger partial charge is 0.462 e. The summed E-state index contributed by atoms with van der Waals surface area (Å²) >= 11 is 6.21. The molecule has 5 nitrogen and oxygen atoms in total. The molecule has 0 fully saturated rings. The van der Waals surface area contributed by atoms with Crippen molar-refractivity contribution in [2.45, 2.75) is 34.6 Å². The van der Waals surface area contributed by atoms with Gasteiger partial charge in [0.2, 0.25) is 0 Å². The summed E-state index contributed by atoms with van der Waals surface area (Å²) in [6.07, 6.45) is 1.79. The van der Waals surface area contributed by atoms with E-state index in [1.165, 1.54) is 0 Å². The molecule has 0 radical (unpaired) electrons. The second-order valence-corrected chi connectivity index (χ2v) is 8.79. The first-order chi connectivity index (χ1) is 16.2. The van der Waals surface area contributed by atoms with Crippen LogP contribution in [0.1, 0.15) is 36.4 Å². The maximum atomic E-state index is 13.6. The molecule has 2 heterocycles. The van der Waals surface area contributed by atoms with E-state index in [0.29, 0.717) is 27.6 Å². The van der Waals surface area contributed by atoms with Crippen LogP contribution in [0.25, 0.3) is 11.8 Å². The maximum Gasteiger partial charge on any atom is 0.340 e. The van der Waals surface area contributed by atoms with Crippen molar-refractivity contribution in [3.63, 3.8) is 0 Å². The number of aromatic nitrogens is 1. The summed E-state index contributed by atoms with van der Waals surface area (Å²) in [4.78, 5) is 28.1. The minimum atomic E-state index is -0.502. The Bertz CT molecular complexity index is 1350. The Morgan fingerprint density at radius 3 is 2.35 bits per heavy atom. The first-order valence-electron chi connectivity index (χ1n) is 11.2. The van der Waals surface area contributed by atoms with E-state index in [-0.39, 0.29) is 12.5 Å². The summed E-state index contributed by atoms with van der Waals surface area (Å²) in [6.45, 7) is 9.73. The zero-order valence-corrected chi connectivity index (χ0v) is 20.7. The minimum Gasteiger partial charge on any atom is -0.462 e. The first kappa shape index (κ1) is 23.6. The third-order valence-corrected chi connectivity index (χ3v) is 6.24. The first-order valence-corrected chi connectivity index (χ1v) is 11.6. The molecule has 0 N–H and O–H groups in total. The summed E-state index contributed by atoms with van der Waals surface area (Å²) in [7, 11) is 0. The third kappa shape index (κ3) is 4.19. The molecule has 0 aliphatic carbocycles. The van der Waals surface area contributed by atoms with Gasteiger partial charge in [0.25, 0.3) is 5.91 Å². The quantitative estimate of drug-likeness (QED) is 0.321. The number of carbonyl (C=O) groups is 2. The molecule has 2 aromatic carbocycles. The molecule has 1 aromatic heterocycles. The highest BCUT2D eigenvalue weighted by Gasteiger charge is 2.38. The zero-order valence-electron chi connectivity index (χ0n) is 20.0. The summed E-state index contributed by atoms with van der Waals surface area (Å²) < 4.78 is 7.40. The van der Waals surface area contributed by atoms with Gasteiger partial charge in [-0.1, -0.05) is 35.4 Å². The van der Waals surface area contributed by atoms with E-state index in [2.05, 4.69) is 4.57 Å². The molecule has 0 bridgehead atoms. The van der Waals surface area contributed by atoms with Gasteiger partial charge in [-0.2, -0.15) is 0 Å². The van der Waals surface area contributed by atoms with Crippen LogP contribution in [0, 0.1) is 20.8 Å². The van der Waals surface area contributed by atoms with Crippen LogP contribution < -0.4 is 4.90 Å². The number of aryl methyl sites for hydroxylation is 2. The monoisotopic (exact) mass is 474 g/mol. The number of ether oxygens (including phenoxy) is 1. The van der Waals surface area contributed by atoms with Gasteiger partial charge < -0.3 is 9.30 Å². The predicted molar refractivity (Wildman–Crippen MR) is 136 cm³/mol.